The van der Waals surface area contributed by atoms with Crippen LogP contribution in [0, 0.1) is 0 Å². The molecule has 1 aromatic rings. The molecule has 0 aromatic heterocycles. The number of carbonyl (C=O) groups is 1. The Balaban J connectivity index is 2.85. The van der Waals surface area contributed by atoms with E-state index in [9.17, 15) is 4.79 Å². The summed E-state index contributed by atoms with van der Waals surface area (Å²) in [6, 6.07) is 5.25. The van der Waals surface area contributed by atoms with E-state index in [0.29, 0.717) is 31.1 Å². The first-order valence-electron chi connectivity index (χ1n) is 5.32. The Bertz CT molecular complexity index is 363. The average Bonchev–Trinajstić information content (AvgIpc) is 2.28. The summed E-state index contributed by atoms with van der Waals surface area (Å²) in [5.74, 6) is -0.390. The molecule has 0 amide bonds. The van der Waals surface area contributed by atoms with Crippen molar-refractivity contribution in [1.29, 1.82) is 0 Å². The van der Waals surface area contributed by atoms with Crippen LogP contribution in [0.3, 0.4) is 0 Å². The summed E-state index contributed by atoms with van der Waals surface area (Å²) in [5, 5.41) is 0. The number of nitrogen functional groups attached to an aromatic ring is 1. The first kappa shape index (κ1) is 12.5. The molecule has 4 nitrogen and oxygen atoms in total. The van der Waals surface area contributed by atoms with Crippen LogP contribution in [0.5, 0.6) is 0 Å². The molecule has 0 saturated carbocycles. The molecule has 0 atom stereocenters. The van der Waals surface area contributed by atoms with Gasteiger partial charge < -0.3 is 15.2 Å². The van der Waals surface area contributed by atoms with Gasteiger partial charge in [-0.05, 0) is 31.5 Å². The van der Waals surface area contributed by atoms with E-state index in [2.05, 4.69) is 0 Å². The Hall–Kier alpha value is -1.55. The number of hydrogen-bond acceptors (Lipinski definition) is 4. The van der Waals surface area contributed by atoms with E-state index >= 15 is 0 Å². The van der Waals surface area contributed by atoms with Crippen molar-refractivity contribution in [2.45, 2.75) is 20.5 Å². The van der Waals surface area contributed by atoms with Crippen LogP contribution in [-0.4, -0.2) is 19.2 Å². The molecule has 0 aliphatic rings. The number of rotatable bonds is 5. The highest BCUT2D eigenvalue weighted by Gasteiger charge is 2.11. The van der Waals surface area contributed by atoms with Crippen LogP contribution >= 0.6 is 0 Å². The van der Waals surface area contributed by atoms with E-state index in [0.717, 1.165) is 5.56 Å². The van der Waals surface area contributed by atoms with Crippen molar-refractivity contribution in [1.82, 2.24) is 0 Å². The topological polar surface area (TPSA) is 61.5 Å². The molecule has 0 fully saturated rings. The highest BCUT2D eigenvalue weighted by atomic mass is 16.5. The van der Waals surface area contributed by atoms with Gasteiger partial charge in [0.05, 0.1) is 18.8 Å². The van der Waals surface area contributed by atoms with Crippen molar-refractivity contribution in [2.24, 2.45) is 0 Å². The lowest BCUT2D eigenvalue weighted by atomic mass is 10.1. The number of esters is 1. The molecule has 16 heavy (non-hydrogen) atoms. The van der Waals surface area contributed by atoms with Crippen LogP contribution in [-0.2, 0) is 16.1 Å². The summed E-state index contributed by atoms with van der Waals surface area (Å²) in [5.41, 5.74) is 7.45. The van der Waals surface area contributed by atoms with Crippen molar-refractivity contribution in [3.8, 4) is 0 Å². The molecule has 0 aliphatic heterocycles. The SMILES string of the molecule is CCOCc1ccc(N)c(C(=O)OCC)c1. The molecule has 0 saturated heterocycles. The van der Waals surface area contributed by atoms with Gasteiger partial charge in [0, 0.05) is 12.3 Å². The van der Waals surface area contributed by atoms with Gasteiger partial charge in [-0.3, -0.25) is 0 Å². The van der Waals surface area contributed by atoms with Crippen LogP contribution in [0.2, 0.25) is 0 Å². The van der Waals surface area contributed by atoms with Crippen LogP contribution in [0.4, 0.5) is 5.69 Å². The Labute approximate surface area is 95.3 Å². The monoisotopic (exact) mass is 223 g/mol. The number of hydrogen-bond donors (Lipinski definition) is 1. The van der Waals surface area contributed by atoms with Crippen molar-refractivity contribution >= 4 is 11.7 Å². The molecule has 0 radical (unpaired) electrons. The van der Waals surface area contributed by atoms with Crippen molar-refractivity contribution < 1.29 is 14.3 Å². The lowest BCUT2D eigenvalue weighted by Crippen LogP contribution is -2.08. The third-order valence-electron chi connectivity index (χ3n) is 2.09. The fourth-order valence-electron chi connectivity index (χ4n) is 1.30. The second-order valence-electron chi connectivity index (χ2n) is 3.28. The Morgan fingerprint density at radius 2 is 2.06 bits per heavy atom. The summed E-state index contributed by atoms with van der Waals surface area (Å²) in [4.78, 5) is 11.5. The summed E-state index contributed by atoms with van der Waals surface area (Å²) < 4.78 is 10.2. The summed E-state index contributed by atoms with van der Waals surface area (Å²) in [7, 11) is 0. The van der Waals surface area contributed by atoms with E-state index in [4.69, 9.17) is 15.2 Å². The second-order valence-corrected chi connectivity index (χ2v) is 3.28. The minimum absolute atomic E-state index is 0.341. The van der Waals surface area contributed by atoms with Gasteiger partial charge in [0.15, 0.2) is 0 Å². The Morgan fingerprint density at radius 1 is 1.31 bits per heavy atom. The van der Waals surface area contributed by atoms with Gasteiger partial charge in [-0.1, -0.05) is 6.07 Å². The first-order chi connectivity index (χ1) is 7.69. The number of ether oxygens (including phenoxy) is 2. The normalized spacial score (nSPS) is 10.1. The summed E-state index contributed by atoms with van der Waals surface area (Å²) in [6.45, 7) is 5.14. The molecule has 0 unspecified atom stereocenters. The molecule has 4 heteroatoms. The van der Waals surface area contributed by atoms with Gasteiger partial charge in [-0.15, -0.1) is 0 Å². The maximum atomic E-state index is 11.5. The van der Waals surface area contributed by atoms with Gasteiger partial charge >= 0.3 is 5.97 Å². The molecule has 2 N–H and O–H groups in total. The highest BCUT2D eigenvalue weighted by molar-refractivity contribution is 5.95. The zero-order chi connectivity index (χ0) is 12.0. The molecule has 0 spiro atoms. The summed E-state index contributed by atoms with van der Waals surface area (Å²) >= 11 is 0. The van der Waals surface area contributed by atoms with E-state index < -0.39 is 5.97 Å². The van der Waals surface area contributed by atoms with Crippen molar-refractivity contribution in [3.63, 3.8) is 0 Å². The van der Waals surface area contributed by atoms with Gasteiger partial charge in [0.25, 0.3) is 0 Å². The van der Waals surface area contributed by atoms with Crippen LogP contribution in [0.1, 0.15) is 29.8 Å². The average molecular weight is 223 g/mol. The van der Waals surface area contributed by atoms with E-state index in [-0.39, 0.29) is 0 Å². The zero-order valence-electron chi connectivity index (χ0n) is 9.66. The lowest BCUT2D eigenvalue weighted by Gasteiger charge is -2.08. The number of benzene rings is 1. The maximum Gasteiger partial charge on any atom is 0.340 e. The molecule has 1 aromatic carbocycles. The summed E-state index contributed by atoms with van der Waals surface area (Å²) in [6.07, 6.45) is 0. The van der Waals surface area contributed by atoms with Gasteiger partial charge in [-0.25, -0.2) is 4.79 Å². The Kier molecular flexibility index (Phi) is 4.79. The zero-order valence-corrected chi connectivity index (χ0v) is 9.66. The fraction of sp³-hybridized carbons (Fsp3) is 0.417. The number of carbonyl (C=O) groups excluding carboxylic acids is 1. The molecule has 0 heterocycles. The first-order valence-corrected chi connectivity index (χ1v) is 5.32. The standard InChI is InChI=1S/C12H17NO3/c1-3-15-8-9-5-6-11(13)10(7-9)12(14)16-4-2/h5-7H,3-4,8,13H2,1-2H3. The fourth-order valence-corrected chi connectivity index (χ4v) is 1.30. The molecule has 0 bridgehead atoms. The largest absolute Gasteiger partial charge is 0.462 e. The van der Waals surface area contributed by atoms with Crippen LogP contribution in [0.15, 0.2) is 18.2 Å². The maximum absolute atomic E-state index is 11.5. The molecule has 0 aliphatic carbocycles. The van der Waals surface area contributed by atoms with Crippen LogP contribution in [0.25, 0.3) is 0 Å². The van der Waals surface area contributed by atoms with Crippen LogP contribution < -0.4 is 5.73 Å². The molecular formula is C12H17NO3. The minimum Gasteiger partial charge on any atom is -0.462 e. The van der Waals surface area contributed by atoms with E-state index in [1.54, 1.807) is 19.1 Å². The van der Waals surface area contributed by atoms with Gasteiger partial charge in [0.2, 0.25) is 0 Å². The molecule has 1 rings (SSSR count). The highest BCUT2D eigenvalue weighted by Crippen LogP contribution is 2.16. The second kappa shape index (κ2) is 6.12. The van der Waals surface area contributed by atoms with Crippen molar-refractivity contribution in [3.05, 3.63) is 29.3 Å². The Morgan fingerprint density at radius 3 is 2.69 bits per heavy atom. The third-order valence-corrected chi connectivity index (χ3v) is 2.09. The van der Waals surface area contributed by atoms with Crippen molar-refractivity contribution in [2.75, 3.05) is 18.9 Å². The number of nitrogens with two attached hydrogens (primary N) is 1. The minimum atomic E-state index is -0.390. The molecule has 88 valence electrons. The smallest absolute Gasteiger partial charge is 0.340 e. The van der Waals surface area contributed by atoms with E-state index in [1.165, 1.54) is 0 Å². The number of anilines is 1. The van der Waals surface area contributed by atoms with E-state index in [1.807, 2.05) is 13.0 Å². The predicted molar refractivity (Wildman–Crippen MR) is 62.1 cm³/mol. The predicted octanol–water partition coefficient (Wildman–Crippen LogP) is 1.98. The lowest BCUT2D eigenvalue weighted by molar-refractivity contribution is 0.0527. The third kappa shape index (κ3) is 3.24. The van der Waals surface area contributed by atoms with Gasteiger partial charge in [0.1, 0.15) is 0 Å². The molecular weight excluding hydrogens is 206 g/mol. The van der Waals surface area contributed by atoms with Gasteiger partial charge in [-0.2, -0.15) is 0 Å². The quantitative estimate of drug-likeness (QED) is 0.612.